The molecule has 532 valence electrons. The van der Waals surface area contributed by atoms with Crippen molar-refractivity contribution in [2.24, 2.45) is 17.2 Å². The van der Waals surface area contributed by atoms with Crippen molar-refractivity contribution in [3.05, 3.63) is 223 Å². The second-order valence-electron chi connectivity index (χ2n) is 24.7. The van der Waals surface area contributed by atoms with E-state index in [1.165, 1.54) is 24.3 Å². The quantitative estimate of drug-likeness (QED) is 0.0617. The number of primary amides is 3. The van der Waals surface area contributed by atoms with Crippen LogP contribution in [-0.4, -0.2) is 122 Å². The highest BCUT2D eigenvalue weighted by Gasteiger charge is 2.52. The fraction of sp³-hybridized carbons (Fsp3) is 0.342. The van der Waals surface area contributed by atoms with E-state index in [4.69, 9.17) is 75.8 Å². The maximum atomic E-state index is 12.7. The van der Waals surface area contributed by atoms with Gasteiger partial charge in [-0.1, -0.05) is 201 Å². The van der Waals surface area contributed by atoms with Gasteiger partial charge in [-0.25, -0.2) is 24.5 Å². The molecule has 1 fully saturated rings. The molecule has 0 radical (unpaired) electrons. The highest BCUT2D eigenvalue weighted by Crippen LogP contribution is 2.40. The number of carbonyl (C=O) groups is 7. The predicted octanol–water partition coefficient (Wildman–Crippen LogP) is 17.3. The van der Waals surface area contributed by atoms with Gasteiger partial charge in [0.25, 0.3) is 17.7 Å². The zero-order valence-electron chi connectivity index (χ0n) is 53.4. The molecule has 0 unspecified atom stereocenters. The molecule has 19 nitrogen and oxygen atoms in total. The van der Waals surface area contributed by atoms with Crippen LogP contribution in [0.15, 0.2) is 163 Å². The first kappa shape index (κ1) is 88.0. The van der Waals surface area contributed by atoms with Gasteiger partial charge in [-0.2, -0.15) is 0 Å². The van der Waals surface area contributed by atoms with Crippen LogP contribution in [0, 0.1) is 0 Å². The van der Waals surface area contributed by atoms with Crippen LogP contribution >= 0.6 is 34.8 Å². The Morgan fingerprint density at radius 2 is 0.828 bits per heavy atom. The van der Waals surface area contributed by atoms with Crippen molar-refractivity contribution in [1.82, 2.24) is 24.8 Å². The van der Waals surface area contributed by atoms with E-state index in [1.54, 1.807) is 94.7 Å². The minimum atomic E-state index is -0.612. The minimum absolute atomic E-state index is 0. The number of aromatic nitrogens is 3. The van der Waals surface area contributed by atoms with Crippen molar-refractivity contribution >= 4 is 89.0 Å². The lowest BCUT2D eigenvalue weighted by molar-refractivity contribution is 0.00578. The van der Waals surface area contributed by atoms with E-state index in [2.05, 4.69) is 9.97 Å². The maximum Gasteiger partial charge on any atom is 0.490 e. The van der Waals surface area contributed by atoms with Gasteiger partial charge in [-0.05, 0) is 130 Å². The molecule has 0 atom stereocenters. The third kappa shape index (κ3) is 24.1. The van der Waals surface area contributed by atoms with Crippen molar-refractivity contribution in [3.63, 3.8) is 0 Å². The van der Waals surface area contributed by atoms with Crippen molar-refractivity contribution in [2.45, 2.75) is 149 Å². The van der Waals surface area contributed by atoms with Gasteiger partial charge in [0.05, 0.1) is 45.0 Å². The lowest BCUT2D eigenvalue weighted by Gasteiger charge is -2.32. The molecule has 99 heavy (non-hydrogen) atoms. The fourth-order valence-electron chi connectivity index (χ4n) is 9.36. The van der Waals surface area contributed by atoms with Crippen molar-refractivity contribution < 1.29 is 52.3 Å². The second kappa shape index (κ2) is 37.8. The molecule has 0 aliphatic carbocycles. The van der Waals surface area contributed by atoms with E-state index in [1.807, 2.05) is 118 Å². The normalized spacial score (nSPS) is 13.9. The molecule has 23 heteroatoms. The molecule has 6 heterocycles. The molecule has 10 rings (SSSR count). The summed E-state index contributed by atoms with van der Waals surface area (Å²) in [6, 6.07) is 41.3. The largest absolute Gasteiger partial charge is 0.490 e. The zero-order chi connectivity index (χ0) is 68.2. The first-order valence-electron chi connectivity index (χ1n) is 29.7. The molecular weight excluding hydrogens is 1320 g/mol. The lowest BCUT2D eigenvalue weighted by Crippen LogP contribution is -2.41. The van der Waals surface area contributed by atoms with E-state index >= 15 is 0 Å². The van der Waals surface area contributed by atoms with E-state index in [0.717, 1.165) is 17.5 Å². The molecule has 3 aromatic heterocycles. The first-order valence-corrected chi connectivity index (χ1v) is 30.8. The number of amides is 5. The summed E-state index contributed by atoms with van der Waals surface area (Å²) in [7, 11) is -0.314. The summed E-state index contributed by atoms with van der Waals surface area (Å²) in [5, 5.41) is 0.532. The summed E-state index contributed by atoms with van der Waals surface area (Å²) in [5.41, 5.74) is 22.3. The smallest absolute Gasteiger partial charge is 0.444 e. The molecule has 1 saturated heterocycles. The van der Waals surface area contributed by atoms with E-state index < -0.39 is 28.9 Å². The van der Waals surface area contributed by atoms with Gasteiger partial charge < -0.3 is 45.8 Å². The molecule has 0 bridgehead atoms. The summed E-state index contributed by atoms with van der Waals surface area (Å²) in [4.78, 5) is 99.8. The number of ketones is 2. The molecule has 0 spiro atoms. The van der Waals surface area contributed by atoms with Gasteiger partial charge in [0.1, 0.15) is 26.7 Å². The van der Waals surface area contributed by atoms with Crippen LogP contribution in [0.4, 0.5) is 9.59 Å². The molecule has 4 aromatic carbocycles. The van der Waals surface area contributed by atoms with Gasteiger partial charge in [0.15, 0.2) is 11.6 Å². The molecule has 3 aliphatic heterocycles. The van der Waals surface area contributed by atoms with Crippen LogP contribution in [0.3, 0.4) is 0 Å². The van der Waals surface area contributed by atoms with Gasteiger partial charge in [0, 0.05) is 59.6 Å². The molecular formula is C76H98BCl3N8O11. The summed E-state index contributed by atoms with van der Waals surface area (Å²) < 4.78 is 23.0. The van der Waals surface area contributed by atoms with Crippen molar-refractivity contribution in [2.75, 3.05) is 26.2 Å². The molecule has 5 amide bonds. The molecule has 3 aliphatic rings. The Kier molecular flexibility index (Phi) is 33.6. The summed E-state index contributed by atoms with van der Waals surface area (Å²) in [6.07, 6.45) is 4.71. The number of rotatable bonds is 11. The second-order valence-corrected chi connectivity index (χ2v) is 25.8. The topological polar surface area (TPSA) is 280 Å². The van der Waals surface area contributed by atoms with E-state index in [0.29, 0.717) is 88.6 Å². The standard InChI is InChI=1S/C29H29N3O4.C19H13ClN2O2.C16H28BNO4.C6H4Cl2N2O.6CH4/c1-29(2,3)36-28(35)32-17-15-19(16-18-32)24-14-13-23(27(30)34)25(31-24)20-9-11-22(12-10-20)26(33)21-7-5-4-6-8-21;20-16-11-10-15(19(21)24)17(22-16)12-6-8-14(9-7-12)18(23)13-4-2-1-3-5-13;1-14(2,3)20-13(19)18-10-8-12(9-11-18)17-21-15(4,5)16(6,7)22-17;7-4-2-1-3(6(9)11)5(8)10-4;;;;;;/h4-15H,16-18H2,1-3H3,(H2,30,34);1-11H,(H2,21,24);8H,9-11H2,1-7H3;1-2H,(H2,9,11);6*1H4. The predicted molar refractivity (Wildman–Crippen MR) is 401 cm³/mol. The number of carbonyl (C=O) groups excluding carboxylic acids is 7. The average molecular weight is 1420 g/mol. The fourth-order valence-corrected chi connectivity index (χ4v) is 9.94. The number of hydrogen-bond donors (Lipinski definition) is 3. The Bertz CT molecular complexity index is 3950. The number of hydrogen-bond acceptors (Lipinski definition) is 14. The monoisotopic (exact) mass is 1410 g/mol. The maximum absolute atomic E-state index is 12.7. The van der Waals surface area contributed by atoms with Crippen LogP contribution in [0.25, 0.3) is 28.1 Å². The number of nitrogens with zero attached hydrogens (tertiary/aromatic N) is 5. The van der Waals surface area contributed by atoms with E-state index in [-0.39, 0.29) is 113 Å². The minimum Gasteiger partial charge on any atom is -0.444 e. The van der Waals surface area contributed by atoms with Gasteiger partial charge in [-0.15, -0.1) is 0 Å². The zero-order valence-corrected chi connectivity index (χ0v) is 55.7. The third-order valence-corrected chi connectivity index (χ3v) is 15.6. The van der Waals surface area contributed by atoms with E-state index in [9.17, 15) is 33.6 Å². The number of nitrogens with two attached hydrogens (primary N) is 3. The van der Waals surface area contributed by atoms with Crippen LogP contribution in [0.1, 0.15) is 195 Å². The Balaban J connectivity index is 0.000000688. The highest BCUT2D eigenvalue weighted by atomic mass is 35.5. The van der Waals surface area contributed by atoms with Gasteiger partial charge >= 0.3 is 19.3 Å². The Morgan fingerprint density at radius 3 is 1.19 bits per heavy atom. The summed E-state index contributed by atoms with van der Waals surface area (Å²) in [6.45, 7) is 21.4. The number of ether oxygens (including phenoxy) is 2. The number of halogens is 3. The first-order chi connectivity index (χ1) is 43.7. The summed E-state index contributed by atoms with van der Waals surface area (Å²) in [5.74, 6) is -1.93. The number of pyridine rings is 3. The Hall–Kier alpha value is -9.05. The molecule has 0 saturated carbocycles. The van der Waals surface area contributed by atoms with Crippen LogP contribution in [0.2, 0.25) is 15.5 Å². The lowest BCUT2D eigenvalue weighted by atomic mass is 9.75. The molecule has 6 N–H and O–H groups in total. The van der Waals surface area contributed by atoms with Crippen molar-refractivity contribution in [1.29, 1.82) is 0 Å². The summed E-state index contributed by atoms with van der Waals surface area (Å²) >= 11 is 16.9. The Labute approximate surface area is 601 Å². The highest BCUT2D eigenvalue weighted by molar-refractivity contribution is 6.54. The number of benzene rings is 4. The average Bonchev–Trinajstić information content (AvgIpc) is 1.68. The van der Waals surface area contributed by atoms with Gasteiger partial charge in [0.2, 0.25) is 0 Å². The van der Waals surface area contributed by atoms with Gasteiger partial charge in [-0.3, -0.25) is 24.0 Å². The third-order valence-electron chi connectivity index (χ3n) is 14.9. The SMILES string of the molecule is C.C.C.C.C.C.CC(C)(C)OC(=O)N1CC=C(B2OC(C)(C)C(C)(C)O2)CC1.CC(C)(C)OC(=O)N1CC=C(c2ccc(C(N)=O)c(-c3ccc(C(=O)c4ccccc4)cc3)n2)CC1.NC(=O)c1ccc(Cl)nc1-c1ccc(C(=O)c2ccccc2)cc1.NC(=O)c1ccc(Cl)nc1Cl. The Morgan fingerprint density at radius 1 is 0.465 bits per heavy atom. The van der Waals surface area contributed by atoms with Crippen molar-refractivity contribution in [3.8, 4) is 22.5 Å². The van der Waals surface area contributed by atoms with Crippen LogP contribution < -0.4 is 17.2 Å². The molecule has 7 aromatic rings. The van der Waals surface area contributed by atoms with Crippen LogP contribution in [0.5, 0.6) is 0 Å². The van der Waals surface area contributed by atoms with Crippen LogP contribution in [-0.2, 0) is 18.8 Å².